The molecule has 0 aromatic heterocycles. The molecule has 1 aromatic rings. The van der Waals surface area contributed by atoms with Crippen LogP contribution >= 0.6 is 0 Å². The molecule has 0 saturated carbocycles. The first-order valence-corrected chi connectivity index (χ1v) is 7.58. The Bertz CT molecular complexity index is 480. The molecule has 2 amide bonds. The van der Waals surface area contributed by atoms with Crippen LogP contribution in [0.25, 0.3) is 0 Å². The van der Waals surface area contributed by atoms with Crippen LogP contribution in [0.1, 0.15) is 32.8 Å². The van der Waals surface area contributed by atoms with E-state index in [1.807, 2.05) is 51.1 Å². The highest BCUT2D eigenvalue weighted by Gasteiger charge is 2.22. The molecule has 0 spiro atoms. The molecule has 122 valence electrons. The molecule has 0 fully saturated rings. The maximum Gasteiger partial charge on any atom is 0.309 e. The highest BCUT2D eigenvalue weighted by molar-refractivity contribution is 6.35. The number of carbonyl (C=O) groups is 2. The predicted octanol–water partition coefficient (Wildman–Crippen LogP) is 1.26. The van der Waals surface area contributed by atoms with Gasteiger partial charge in [0.15, 0.2) is 0 Å². The third kappa shape index (κ3) is 6.72. The van der Waals surface area contributed by atoms with E-state index in [0.717, 1.165) is 5.56 Å². The van der Waals surface area contributed by atoms with Crippen LogP contribution in [-0.2, 0) is 16.0 Å². The fourth-order valence-electron chi connectivity index (χ4n) is 1.88. The molecule has 0 aliphatic carbocycles. The molecule has 1 aromatic carbocycles. The van der Waals surface area contributed by atoms with E-state index in [0.29, 0.717) is 19.4 Å². The zero-order valence-electron chi connectivity index (χ0n) is 13.6. The van der Waals surface area contributed by atoms with Gasteiger partial charge in [-0.05, 0) is 23.8 Å². The fourth-order valence-corrected chi connectivity index (χ4v) is 1.88. The van der Waals surface area contributed by atoms with Crippen molar-refractivity contribution in [3.63, 3.8) is 0 Å². The summed E-state index contributed by atoms with van der Waals surface area (Å²) in [6.45, 7) is 6.48. The first-order valence-electron chi connectivity index (χ1n) is 7.58. The number of carbonyl (C=O) groups excluding carboxylic acids is 2. The van der Waals surface area contributed by atoms with Crippen LogP contribution in [0.4, 0.5) is 0 Å². The number of hydrogen-bond donors (Lipinski definition) is 3. The van der Waals surface area contributed by atoms with Gasteiger partial charge in [-0.15, -0.1) is 0 Å². The quantitative estimate of drug-likeness (QED) is 0.692. The smallest absolute Gasteiger partial charge is 0.309 e. The van der Waals surface area contributed by atoms with Crippen molar-refractivity contribution < 1.29 is 14.7 Å². The Labute approximate surface area is 132 Å². The summed E-state index contributed by atoms with van der Waals surface area (Å²) in [4.78, 5) is 23.2. The van der Waals surface area contributed by atoms with Crippen LogP contribution in [0.15, 0.2) is 30.3 Å². The standard InChI is InChI=1S/C17H26N2O3/c1-17(2,3)14(20)10-12-19-16(22)15(21)18-11-9-13-7-5-4-6-8-13/h4-8,14,20H,9-12H2,1-3H3,(H,18,21)(H,19,22). The second-order valence-electron chi connectivity index (χ2n) is 6.42. The SMILES string of the molecule is CC(C)(C)C(O)CCNC(=O)C(=O)NCCc1ccccc1. The van der Waals surface area contributed by atoms with Crippen molar-refractivity contribution in [2.24, 2.45) is 5.41 Å². The van der Waals surface area contributed by atoms with E-state index in [9.17, 15) is 14.7 Å². The van der Waals surface area contributed by atoms with Crippen molar-refractivity contribution in [1.29, 1.82) is 0 Å². The van der Waals surface area contributed by atoms with Crippen LogP contribution in [-0.4, -0.2) is 36.1 Å². The van der Waals surface area contributed by atoms with E-state index in [4.69, 9.17) is 0 Å². The summed E-state index contributed by atoms with van der Waals surface area (Å²) < 4.78 is 0. The van der Waals surface area contributed by atoms with E-state index in [1.165, 1.54) is 0 Å². The molecular formula is C17H26N2O3. The van der Waals surface area contributed by atoms with E-state index < -0.39 is 17.9 Å². The van der Waals surface area contributed by atoms with Crippen molar-refractivity contribution in [3.8, 4) is 0 Å². The second kappa shape index (κ2) is 8.54. The Morgan fingerprint density at radius 3 is 2.14 bits per heavy atom. The summed E-state index contributed by atoms with van der Waals surface area (Å²) in [5, 5.41) is 15.0. The van der Waals surface area contributed by atoms with Crippen LogP contribution in [0.2, 0.25) is 0 Å². The van der Waals surface area contributed by atoms with Gasteiger partial charge in [0.2, 0.25) is 0 Å². The third-order valence-electron chi connectivity index (χ3n) is 3.45. The first-order chi connectivity index (χ1) is 10.3. The molecule has 0 bridgehead atoms. The average molecular weight is 306 g/mol. The maximum absolute atomic E-state index is 11.6. The van der Waals surface area contributed by atoms with Gasteiger partial charge in [-0.25, -0.2) is 0 Å². The minimum absolute atomic E-state index is 0.233. The Morgan fingerprint density at radius 1 is 1.05 bits per heavy atom. The molecule has 0 saturated heterocycles. The van der Waals surface area contributed by atoms with Crippen molar-refractivity contribution in [1.82, 2.24) is 10.6 Å². The molecule has 5 heteroatoms. The summed E-state index contributed by atoms with van der Waals surface area (Å²) in [5.74, 6) is -1.30. The number of hydrogen-bond acceptors (Lipinski definition) is 3. The molecule has 5 nitrogen and oxygen atoms in total. The predicted molar refractivity (Wildman–Crippen MR) is 86.2 cm³/mol. The van der Waals surface area contributed by atoms with Gasteiger partial charge in [0, 0.05) is 13.1 Å². The molecule has 1 rings (SSSR count). The summed E-state index contributed by atoms with van der Waals surface area (Å²) >= 11 is 0. The van der Waals surface area contributed by atoms with Gasteiger partial charge in [-0.3, -0.25) is 9.59 Å². The molecule has 0 aliphatic rings. The number of rotatable bonds is 6. The second-order valence-corrected chi connectivity index (χ2v) is 6.42. The van der Waals surface area contributed by atoms with Crippen LogP contribution in [0.3, 0.4) is 0 Å². The topological polar surface area (TPSA) is 78.4 Å². The number of amides is 2. The van der Waals surface area contributed by atoms with Crippen molar-refractivity contribution in [3.05, 3.63) is 35.9 Å². The van der Waals surface area contributed by atoms with Gasteiger partial charge in [-0.2, -0.15) is 0 Å². The largest absolute Gasteiger partial charge is 0.393 e. The van der Waals surface area contributed by atoms with E-state index in [2.05, 4.69) is 10.6 Å². The minimum atomic E-state index is -0.658. The Hall–Kier alpha value is -1.88. The highest BCUT2D eigenvalue weighted by atomic mass is 16.3. The van der Waals surface area contributed by atoms with Gasteiger partial charge >= 0.3 is 11.8 Å². The first kappa shape index (κ1) is 18.2. The van der Waals surface area contributed by atoms with Gasteiger partial charge < -0.3 is 15.7 Å². The van der Waals surface area contributed by atoms with Crippen molar-refractivity contribution >= 4 is 11.8 Å². The van der Waals surface area contributed by atoms with E-state index in [1.54, 1.807) is 0 Å². The van der Waals surface area contributed by atoms with Gasteiger partial charge in [-0.1, -0.05) is 51.1 Å². The van der Waals surface area contributed by atoms with Crippen LogP contribution in [0, 0.1) is 5.41 Å². The lowest BCUT2D eigenvalue weighted by Crippen LogP contribution is -2.42. The monoisotopic (exact) mass is 306 g/mol. The zero-order chi connectivity index (χ0) is 16.6. The summed E-state index contributed by atoms with van der Waals surface area (Å²) in [6.07, 6.45) is 0.587. The van der Waals surface area contributed by atoms with E-state index in [-0.39, 0.29) is 12.0 Å². The van der Waals surface area contributed by atoms with Crippen LogP contribution in [0.5, 0.6) is 0 Å². The molecule has 22 heavy (non-hydrogen) atoms. The normalized spacial score (nSPS) is 12.5. The summed E-state index contributed by atoms with van der Waals surface area (Å²) in [6, 6.07) is 9.75. The summed E-state index contributed by atoms with van der Waals surface area (Å²) in [5.41, 5.74) is 0.874. The van der Waals surface area contributed by atoms with Gasteiger partial charge in [0.1, 0.15) is 0 Å². The van der Waals surface area contributed by atoms with Crippen LogP contribution < -0.4 is 10.6 Å². The number of nitrogens with one attached hydrogen (secondary N) is 2. The fraction of sp³-hybridized carbons (Fsp3) is 0.529. The lowest BCUT2D eigenvalue weighted by Gasteiger charge is -2.25. The number of aliphatic hydroxyl groups excluding tert-OH is 1. The lowest BCUT2D eigenvalue weighted by atomic mass is 9.87. The Kier molecular flexibility index (Phi) is 7.05. The molecule has 0 aliphatic heterocycles. The molecule has 0 heterocycles. The lowest BCUT2D eigenvalue weighted by molar-refractivity contribution is -0.139. The number of benzene rings is 1. The zero-order valence-corrected chi connectivity index (χ0v) is 13.6. The van der Waals surface area contributed by atoms with E-state index >= 15 is 0 Å². The van der Waals surface area contributed by atoms with Crippen molar-refractivity contribution in [2.75, 3.05) is 13.1 Å². The molecule has 3 N–H and O–H groups in total. The molecule has 1 atom stereocenters. The molecular weight excluding hydrogens is 280 g/mol. The Balaban J connectivity index is 2.21. The molecule has 0 radical (unpaired) electrons. The van der Waals surface area contributed by atoms with Crippen molar-refractivity contribution in [2.45, 2.75) is 39.7 Å². The minimum Gasteiger partial charge on any atom is -0.393 e. The summed E-state index contributed by atoms with van der Waals surface area (Å²) in [7, 11) is 0. The molecule has 1 unspecified atom stereocenters. The Morgan fingerprint density at radius 2 is 1.59 bits per heavy atom. The van der Waals surface area contributed by atoms with Gasteiger partial charge in [0.25, 0.3) is 0 Å². The average Bonchev–Trinajstić information content (AvgIpc) is 2.47. The maximum atomic E-state index is 11.6. The van der Waals surface area contributed by atoms with Gasteiger partial charge in [0.05, 0.1) is 6.10 Å². The third-order valence-corrected chi connectivity index (χ3v) is 3.45. The number of aliphatic hydroxyl groups is 1. The highest BCUT2D eigenvalue weighted by Crippen LogP contribution is 2.20.